The highest BCUT2D eigenvalue weighted by Gasteiger charge is 2.37. The second-order valence-corrected chi connectivity index (χ2v) is 5.83. The first kappa shape index (κ1) is 18.8. The monoisotopic (exact) mass is 348 g/mol. The zero-order valence-electron chi connectivity index (χ0n) is 14.9. The number of nitrogens with zero attached hydrogens (tertiary/aromatic N) is 2. The van der Waals surface area contributed by atoms with Crippen molar-refractivity contribution in [2.45, 2.75) is 32.4 Å². The van der Waals surface area contributed by atoms with Gasteiger partial charge in [-0.15, -0.1) is 0 Å². The Labute approximate surface area is 147 Å². The van der Waals surface area contributed by atoms with Gasteiger partial charge in [-0.1, -0.05) is 24.3 Å². The molecular weight excluding hydrogens is 324 g/mol. The number of carbonyl (C=O) groups is 3. The minimum atomic E-state index is -0.667. The number of benzene rings is 1. The van der Waals surface area contributed by atoms with Crippen LogP contribution in [0.2, 0.25) is 0 Å². The molecule has 0 saturated carbocycles. The summed E-state index contributed by atoms with van der Waals surface area (Å²) in [6.45, 7) is 2.85. The third-order valence-corrected chi connectivity index (χ3v) is 4.43. The van der Waals surface area contributed by atoms with Gasteiger partial charge in [0.2, 0.25) is 0 Å². The maximum absolute atomic E-state index is 13.0. The largest absolute Gasteiger partial charge is 0.469 e. The highest BCUT2D eigenvalue weighted by atomic mass is 16.5. The van der Waals surface area contributed by atoms with Crippen LogP contribution in [-0.2, 0) is 32.0 Å². The molecule has 1 atom stereocenters. The normalized spacial score (nSPS) is 16.0. The Kier molecular flexibility index (Phi) is 6.38. The van der Waals surface area contributed by atoms with Gasteiger partial charge in [0.05, 0.1) is 20.6 Å². The van der Waals surface area contributed by atoms with Gasteiger partial charge in [0.15, 0.2) is 0 Å². The second kappa shape index (κ2) is 8.50. The highest BCUT2D eigenvalue weighted by Crippen LogP contribution is 2.25. The lowest BCUT2D eigenvalue weighted by molar-refractivity contribution is -0.147. The maximum atomic E-state index is 13.0. The average molecular weight is 348 g/mol. The van der Waals surface area contributed by atoms with E-state index in [0.717, 1.165) is 11.1 Å². The van der Waals surface area contributed by atoms with Crippen LogP contribution in [0, 0.1) is 0 Å². The van der Waals surface area contributed by atoms with Crippen LogP contribution in [0.4, 0.5) is 4.79 Å². The van der Waals surface area contributed by atoms with Gasteiger partial charge in [0.25, 0.3) is 0 Å². The van der Waals surface area contributed by atoms with Gasteiger partial charge in [-0.3, -0.25) is 4.79 Å². The number of urea groups is 1. The molecule has 1 aromatic carbocycles. The summed E-state index contributed by atoms with van der Waals surface area (Å²) in [7, 11) is 2.63. The van der Waals surface area contributed by atoms with Crippen molar-refractivity contribution in [3.05, 3.63) is 35.4 Å². The molecule has 1 aliphatic heterocycles. The van der Waals surface area contributed by atoms with Crippen LogP contribution in [0.3, 0.4) is 0 Å². The number of carbonyl (C=O) groups excluding carboxylic acids is 3. The van der Waals surface area contributed by atoms with Gasteiger partial charge in [-0.2, -0.15) is 0 Å². The van der Waals surface area contributed by atoms with E-state index in [4.69, 9.17) is 4.74 Å². The molecule has 0 aromatic heterocycles. The molecule has 1 aliphatic rings. The smallest absolute Gasteiger partial charge is 0.329 e. The minimum Gasteiger partial charge on any atom is -0.469 e. The fourth-order valence-corrected chi connectivity index (χ4v) is 2.97. The van der Waals surface area contributed by atoms with Crippen molar-refractivity contribution in [1.82, 2.24) is 9.80 Å². The van der Waals surface area contributed by atoms with E-state index in [1.165, 1.54) is 19.1 Å². The van der Waals surface area contributed by atoms with E-state index in [2.05, 4.69) is 4.74 Å². The van der Waals surface area contributed by atoms with Crippen molar-refractivity contribution in [3.63, 3.8) is 0 Å². The molecule has 1 aromatic rings. The number of hydrogen-bond donors (Lipinski definition) is 0. The van der Waals surface area contributed by atoms with Crippen LogP contribution < -0.4 is 0 Å². The first-order chi connectivity index (χ1) is 12.0. The van der Waals surface area contributed by atoms with E-state index in [9.17, 15) is 14.4 Å². The maximum Gasteiger partial charge on any atom is 0.329 e. The van der Waals surface area contributed by atoms with Crippen molar-refractivity contribution in [3.8, 4) is 0 Å². The molecule has 1 heterocycles. The number of fused-ring (bicyclic) bond motifs is 1. The minimum absolute atomic E-state index is 0.114. The summed E-state index contributed by atoms with van der Waals surface area (Å²) in [6.07, 6.45) is 0.534. The molecule has 2 rings (SSSR count). The zero-order chi connectivity index (χ0) is 18.4. The molecule has 7 nitrogen and oxygen atoms in total. The molecule has 0 fully saturated rings. The molecule has 2 amide bonds. The lowest BCUT2D eigenvalue weighted by Gasteiger charge is -2.38. The van der Waals surface area contributed by atoms with Crippen LogP contribution in [0.25, 0.3) is 0 Å². The molecule has 0 aliphatic carbocycles. The second-order valence-electron chi connectivity index (χ2n) is 5.83. The molecule has 136 valence electrons. The molecule has 0 saturated heterocycles. The number of hydrogen-bond acceptors (Lipinski definition) is 5. The van der Waals surface area contributed by atoms with Crippen LogP contribution in [0.5, 0.6) is 0 Å². The predicted molar refractivity (Wildman–Crippen MR) is 90.8 cm³/mol. The Balaban J connectivity index is 2.21. The predicted octanol–water partition coefficient (Wildman–Crippen LogP) is 1.59. The van der Waals surface area contributed by atoms with E-state index < -0.39 is 12.0 Å². The summed E-state index contributed by atoms with van der Waals surface area (Å²) >= 11 is 0. The molecule has 0 radical (unpaired) electrons. The lowest BCUT2D eigenvalue weighted by atomic mass is 9.94. The Morgan fingerprint density at radius 3 is 2.44 bits per heavy atom. The quantitative estimate of drug-likeness (QED) is 0.756. The third kappa shape index (κ3) is 4.29. The Bertz CT molecular complexity index is 646. The van der Waals surface area contributed by atoms with E-state index >= 15 is 0 Å². The summed E-state index contributed by atoms with van der Waals surface area (Å²) < 4.78 is 9.52. The first-order valence-electron chi connectivity index (χ1n) is 8.28. The van der Waals surface area contributed by atoms with Crippen LogP contribution in [0.1, 0.15) is 24.5 Å². The summed E-state index contributed by atoms with van der Waals surface area (Å²) in [6, 6.07) is 6.79. The zero-order valence-corrected chi connectivity index (χ0v) is 14.9. The highest BCUT2D eigenvalue weighted by molar-refractivity contribution is 5.85. The van der Waals surface area contributed by atoms with Crippen LogP contribution in [0.15, 0.2) is 24.3 Å². The summed E-state index contributed by atoms with van der Waals surface area (Å²) in [5.74, 6) is -0.813. The molecule has 0 spiro atoms. The number of esters is 2. The number of ether oxygens (including phenoxy) is 2. The molecular formula is C18H24N2O5. The van der Waals surface area contributed by atoms with Crippen molar-refractivity contribution < 1.29 is 23.9 Å². The number of methoxy groups -OCH3 is 2. The molecule has 0 unspecified atom stereocenters. The van der Waals surface area contributed by atoms with E-state index in [0.29, 0.717) is 19.5 Å². The van der Waals surface area contributed by atoms with E-state index in [-0.39, 0.29) is 25.0 Å². The number of amides is 2. The summed E-state index contributed by atoms with van der Waals surface area (Å²) in [5.41, 5.74) is 2.06. The standard InChI is InChI=1S/C18H24N2O5/c1-4-19(10-9-16(21)24-2)18(23)20-12-14-8-6-5-7-13(14)11-15(20)17(22)25-3/h5-8,15H,4,9-12H2,1-3H3/t15-/m0/s1. The van der Waals surface area contributed by atoms with Crippen LogP contribution in [-0.4, -0.2) is 61.1 Å². The Morgan fingerprint density at radius 1 is 1.16 bits per heavy atom. The third-order valence-electron chi connectivity index (χ3n) is 4.43. The topological polar surface area (TPSA) is 76.2 Å². The Morgan fingerprint density at radius 2 is 1.84 bits per heavy atom. The molecule has 7 heteroatoms. The fourth-order valence-electron chi connectivity index (χ4n) is 2.97. The van der Waals surface area contributed by atoms with Gasteiger partial charge < -0.3 is 19.3 Å². The molecule has 0 N–H and O–H groups in total. The number of rotatable bonds is 5. The average Bonchev–Trinajstić information content (AvgIpc) is 2.66. The van der Waals surface area contributed by atoms with E-state index in [1.54, 1.807) is 4.90 Å². The van der Waals surface area contributed by atoms with Crippen molar-refractivity contribution in [2.75, 3.05) is 27.3 Å². The Hall–Kier alpha value is -2.57. The SMILES string of the molecule is CCN(CCC(=O)OC)C(=O)N1Cc2ccccc2C[C@H]1C(=O)OC. The fraction of sp³-hybridized carbons (Fsp3) is 0.500. The van der Waals surface area contributed by atoms with Gasteiger partial charge in [-0.05, 0) is 18.1 Å². The van der Waals surface area contributed by atoms with E-state index in [1.807, 2.05) is 31.2 Å². The molecule has 25 heavy (non-hydrogen) atoms. The van der Waals surface area contributed by atoms with Gasteiger partial charge >= 0.3 is 18.0 Å². The van der Waals surface area contributed by atoms with Crippen molar-refractivity contribution >= 4 is 18.0 Å². The van der Waals surface area contributed by atoms with Gasteiger partial charge in [-0.25, -0.2) is 9.59 Å². The molecule has 0 bridgehead atoms. The summed E-state index contributed by atoms with van der Waals surface area (Å²) in [4.78, 5) is 39.6. The van der Waals surface area contributed by atoms with Crippen molar-refractivity contribution in [1.29, 1.82) is 0 Å². The lowest BCUT2D eigenvalue weighted by Crippen LogP contribution is -2.54. The van der Waals surface area contributed by atoms with Crippen molar-refractivity contribution in [2.24, 2.45) is 0 Å². The first-order valence-corrected chi connectivity index (χ1v) is 8.28. The van der Waals surface area contributed by atoms with Gasteiger partial charge in [0, 0.05) is 26.1 Å². The van der Waals surface area contributed by atoms with Gasteiger partial charge in [0.1, 0.15) is 6.04 Å². The summed E-state index contributed by atoms with van der Waals surface area (Å²) in [5, 5.41) is 0. The van der Waals surface area contributed by atoms with Crippen LogP contribution >= 0.6 is 0 Å².